The molecule has 3 heteroatoms. The minimum absolute atomic E-state index is 0.901. The van der Waals surface area contributed by atoms with Gasteiger partial charge >= 0.3 is 0 Å². The zero-order valence-corrected chi connectivity index (χ0v) is 18.8. The number of nitrogens with one attached hydrogen (secondary N) is 1. The average Bonchev–Trinajstić information content (AvgIpc) is 2.74. The number of pyridine rings is 2. The number of nitrogens with zero attached hydrogens (tertiary/aromatic N) is 2. The van der Waals surface area contributed by atoms with Crippen molar-refractivity contribution in [1.29, 1.82) is 0 Å². The fourth-order valence-electron chi connectivity index (χ4n) is 3.75. The molecule has 0 saturated heterocycles. The minimum Gasteiger partial charge on any atom is -0.325 e. The van der Waals surface area contributed by atoms with Crippen LogP contribution in [-0.4, -0.2) is 9.97 Å². The summed E-state index contributed by atoms with van der Waals surface area (Å²) in [5, 5.41) is 3.40. The quantitative estimate of drug-likeness (QED) is 0.292. The molecule has 0 aliphatic heterocycles. The Balaban J connectivity index is 1.76. The van der Waals surface area contributed by atoms with Crippen LogP contribution in [0.15, 0.2) is 36.7 Å². The molecule has 0 bridgehead atoms. The second kappa shape index (κ2) is 15.0. The normalized spacial score (nSPS) is 11.0. The second-order valence-corrected chi connectivity index (χ2v) is 8.26. The molecule has 2 aromatic rings. The number of hydrogen-bond acceptors (Lipinski definition) is 3. The van der Waals surface area contributed by atoms with Gasteiger partial charge in [0.2, 0.25) is 0 Å². The molecule has 0 spiro atoms. The first kappa shape index (κ1) is 23.4. The van der Waals surface area contributed by atoms with Crippen LogP contribution in [0.25, 0.3) is 0 Å². The van der Waals surface area contributed by atoms with Gasteiger partial charge in [-0.25, -0.2) is 9.97 Å². The fraction of sp³-hybridized carbons (Fsp3) is 0.615. The molecule has 2 heterocycles. The molecule has 0 saturated carbocycles. The summed E-state index contributed by atoms with van der Waals surface area (Å²) < 4.78 is 0. The summed E-state index contributed by atoms with van der Waals surface area (Å²) in [7, 11) is 0. The summed E-state index contributed by atoms with van der Waals surface area (Å²) in [5.74, 6) is 1.80. The van der Waals surface area contributed by atoms with E-state index in [4.69, 9.17) is 0 Å². The minimum atomic E-state index is 0.901. The Hall–Kier alpha value is -1.90. The fourth-order valence-corrected chi connectivity index (χ4v) is 3.75. The molecule has 1 N–H and O–H groups in total. The number of rotatable bonds is 16. The maximum atomic E-state index is 4.49. The molecule has 0 radical (unpaired) electrons. The van der Waals surface area contributed by atoms with Crippen LogP contribution < -0.4 is 5.32 Å². The van der Waals surface area contributed by atoms with Gasteiger partial charge in [0, 0.05) is 12.4 Å². The van der Waals surface area contributed by atoms with Crippen molar-refractivity contribution in [3.63, 3.8) is 0 Å². The summed E-state index contributed by atoms with van der Waals surface area (Å²) in [6.45, 7) is 4.54. The van der Waals surface area contributed by atoms with E-state index in [-0.39, 0.29) is 0 Å². The summed E-state index contributed by atoms with van der Waals surface area (Å²) in [4.78, 5) is 8.97. The molecule has 29 heavy (non-hydrogen) atoms. The first-order valence-corrected chi connectivity index (χ1v) is 12.0. The predicted molar refractivity (Wildman–Crippen MR) is 126 cm³/mol. The molecular formula is C26H41N3. The topological polar surface area (TPSA) is 37.8 Å². The second-order valence-electron chi connectivity index (χ2n) is 8.26. The van der Waals surface area contributed by atoms with Gasteiger partial charge < -0.3 is 5.32 Å². The summed E-state index contributed by atoms with van der Waals surface area (Å²) in [5.41, 5.74) is 2.72. The van der Waals surface area contributed by atoms with Crippen molar-refractivity contribution >= 4 is 11.6 Å². The van der Waals surface area contributed by atoms with Crippen LogP contribution in [0.2, 0.25) is 0 Å². The highest BCUT2D eigenvalue weighted by atomic mass is 15.0. The predicted octanol–water partition coefficient (Wildman–Crippen LogP) is 8.03. The van der Waals surface area contributed by atoms with Crippen molar-refractivity contribution in [2.45, 2.75) is 104 Å². The van der Waals surface area contributed by atoms with E-state index in [9.17, 15) is 0 Å². The highest BCUT2D eigenvalue weighted by Crippen LogP contribution is 2.18. The molecule has 0 atom stereocenters. The number of unbranched alkanes of at least 4 members (excludes halogenated alkanes) is 10. The summed E-state index contributed by atoms with van der Waals surface area (Å²) in [6.07, 6.45) is 22.1. The van der Waals surface area contributed by atoms with Crippen LogP contribution in [0, 0.1) is 0 Å². The van der Waals surface area contributed by atoms with Crippen LogP contribution in [0.3, 0.4) is 0 Å². The van der Waals surface area contributed by atoms with E-state index in [2.05, 4.69) is 53.4 Å². The molecule has 0 aliphatic rings. The lowest BCUT2D eigenvalue weighted by Crippen LogP contribution is -1.98. The van der Waals surface area contributed by atoms with E-state index < -0.39 is 0 Å². The molecule has 3 nitrogen and oxygen atoms in total. The molecule has 160 valence electrons. The van der Waals surface area contributed by atoms with Gasteiger partial charge in [-0.05, 0) is 61.1 Å². The maximum Gasteiger partial charge on any atom is 0.131 e. The van der Waals surface area contributed by atoms with Crippen molar-refractivity contribution in [3.8, 4) is 0 Å². The zero-order chi connectivity index (χ0) is 20.6. The van der Waals surface area contributed by atoms with E-state index in [1.165, 1.54) is 88.2 Å². The van der Waals surface area contributed by atoms with Crippen molar-refractivity contribution in [3.05, 3.63) is 47.8 Å². The molecule has 2 aromatic heterocycles. The first-order valence-electron chi connectivity index (χ1n) is 12.0. The molecule has 0 fully saturated rings. The third-order valence-corrected chi connectivity index (χ3v) is 5.54. The molecule has 0 amide bonds. The van der Waals surface area contributed by atoms with Crippen molar-refractivity contribution in [2.24, 2.45) is 0 Å². The summed E-state index contributed by atoms with van der Waals surface area (Å²) in [6, 6.07) is 8.63. The van der Waals surface area contributed by atoms with Gasteiger partial charge in [-0.1, -0.05) is 78.1 Å². The van der Waals surface area contributed by atoms with Crippen LogP contribution in [0.1, 0.15) is 102 Å². The van der Waals surface area contributed by atoms with Crippen molar-refractivity contribution in [1.82, 2.24) is 9.97 Å². The Morgan fingerprint density at radius 1 is 0.586 bits per heavy atom. The van der Waals surface area contributed by atoms with Crippen LogP contribution in [0.5, 0.6) is 0 Å². The third-order valence-electron chi connectivity index (χ3n) is 5.54. The Kier molecular flexibility index (Phi) is 12.1. The zero-order valence-electron chi connectivity index (χ0n) is 18.8. The van der Waals surface area contributed by atoms with E-state index in [1.54, 1.807) is 0 Å². The van der Waals surface area contributed by atoms with Gasteiger partial charge in [0.1, 0.15) is 11.6 Å². The van der Waals surface area contributed by atoms with Crippen LogP contribution in [-0.2, 0) is 12.8 Å². The van der Waals surface area contributed by atoms with Gasteiger partial charge in [0.05, 0.1) is 0 Å². The Labute approximate surface area is 178 Å². The first-order chi connectivity index (χ1) is 14.3. The van der Waals surface area contributed by atoms with Gasteiger partial charge in [-0.15, -0.1) is 0 Å². The van der Waals surface area contributed by atoms with Crippen molar-refractivity contribution in [2.75, 3.05) is 5.32 Å². The third kappa shape index (κ3) is 10.4. The van der Waals surface area contributed by atoms with Gasteiger partial charge in [-0.2, -0.15) is 0 Å². The number of anilines is 2. The molecule has 0 aliphatic carbocycles. The number of hydrogen-bond donors (Lipinski definition) is 1. The van der Waals surface area contributed by atoms with E-state index in [0.29, 0.717) is 0 Å². The van der Waals surface area contributed by atoms with Gasteiger partial charge in [0.25, 0.3) is 0 Å². The SMILES string of the molecule is CCCCCCCCc1ccnc(Nc2cc(CCCCCCCC)ccn2)c1. The lowest BCUT2D eigenvalue weighted by molar-refractivity contribution is 0.607. The Morgan fingerprint density at radius 3 is 1.45 bits per heavy atom. The lowest BCUT2D eigenvalue weighted by Gasteiger charge is -2.09. The Morgan fingerprint density at radius 2 is 1.00 bits per heavy atom. The monoisotopic (exact) mass is 395 g/mol. The van der Waals surface area contributed by atoms with E-state index in [1.807, 2.05) is 12.4 Å². The molecule has 0 aromatic carbocycles. The van der Waals surface area contributed by atoms with Gasteiger partial charge in [-0.3, -0.25) is 0 Å². The smallest absolute Gasteiger partial charge is 0.131 e. The molecule has 0 unspecified atom stereocenters. The average molecular weight is 396 g/mol. The standard InChI is InChI=1S/C26H41N3/c1-3-5-7-9-11-13-15-23-17-19-27-25(21-23)29-26-22-24(18-20-28-26)16-14-12-10-8-6-4-2/h17-22H,3-16H2,1-2H3,(H,27,28,29). The van der Waals surface area contributed by atoms with Crippen LogP contribution in [0.4, 0.5) is 11.6 Å². The lowest BCUT2D eigenvalue weighted by atomic mass is 10.1. The van der Waals surface area contributed by atoms with E-state index in [0.717, 1.165) is 24.5 Å². The Bertz CT molecular complexity index is 611. The summed E-state index contributed by atoms with van der Waals surface area (Å²) >= 11 is 0. The highest BCUT2D eigenvalue weighted by Gasteiger charge is 2.02. The van der Waals surface area contributed by atoms with Gasteiger partial charge in [0.15, 0.2) is 0 Å². The largest absolute Gasteiger partial charge is 0.325 e. The van der Waals surface area contributed by atoms with Crippen LogP contribution >= 0.6 is 0 Å². The number of aryl methyl sites for hydroxylation is 2. The molecular weight excluding hydrogens is 354 g/mol. The molecule has 2 rings (SSSR count). The number of aromatic nitrogens is 2. The van der Waals surface area contributed by atoms with Crippen molar-refractivity contribution < 1.29 is 0 Å². The van der Waals surface area contributed by atoms with E-state index >= 15 is 0 Å². The highest BCUT2D eigenvalue weighted by molar-refractivity contribution is 5.53. The maximum absolute atomic E-state index is 4.49.